The van der Waals surface area contributed by atoms with E-state index in [4.69, 9.17) is 0 Å². The number of hydrogen-bond acceptors (Lipinski definition) is 3. The molecule has 2 rings (SSSR count). The molecule has 0 amide bonds. The first kappa shape index (κ1) is 6.70. The first-order valence-corrected chi connectivity index (χ1v) is 5.23. The zero-order valence-corrected chi connectivity index (χ0v) is 7.04. The second-order valence-corrected chi connectivity index (χ2v) is 4.32. The lowest BCUT2D eigenvalue weighted by Crippen LogP contribution is -2.05. The Balaban J connectivity index is 2.41. The molecular weight excluding hydrogens is 164 g/mol. The van der Waals surface area contributed by atoms with Gasteiger partial charge in [0.25, 0.3) is 0 Å². The Morgan fingerprint density at radius 3 is 3.30 bits per heavy atom. The molecule has 2 heterocycles. The quantitative estimate of drug-likeness (QED) is 0.646. The van der Waals surface area contributed by atoms with E-state index in [0.29, 0.717) is 0 Å². The zero-order valence-electron chi connectivity index (χ0n) is 5.41. The molecule has 1 unspecified atom stereocenters. The van der Waals surface area contributed by atoms with E-state index in [-0.39, 0.29) is 6.10 Å². The fourth-order valence-electron chi connectivity index (χ4n) is 1.12. The van der Waals surface area contributed by atoms with Gasteiger partial charge in [-0.25, -0.2) is 0 Å². The fraction of sp³-hybridized carbons (Fsp3) is 0.429. The Kier molecular flexibility index (Phi) is 1.72. The average Bonchev–Trinajstić information content (AvgIpc) is 2.36. The van der Waals surface area contributed by atoms with E-state index in [1.54, 1.807) is 23.1 Å². The van der Waals surface area contributed by atoms with Crippen LogP contribution in [0.25, 0.3) is 0 Å². The van der Waals surface area contributed by atoms with Crippen molar-refractivity contribution in [1.29, 1.82) is 0 Å². The Bertz CT molecular complexity index is 231. The van der Waals surface area contributed by atoms with Crippen LogP contribution in [0.4, 0.5) is 0 Å². The number of fused-ring (bicyclic) bond motifs is 1. The summed E-state index contributed by atoms with van der Waals surface area (Å²) in [5.74, 6) is 1.95. The van der Waals surface area contributed by atoms with Gasteiger partial charge in [-0.05, 0) is 17.0 Å². The van der Waals surface area contributed by atoms with Crippen molar-refractivity contribution in [3.8, 4) is 0 Å². The highest BCUT2D eigenvalue weighted by molar-refractivity contribution is 7.98. The molecule has 0 saturated carbocycles. The van der Waals surface area contributed by atoms with Crippen LogP contribution < -0.4 is 0 Å². The molecule has 1 aliphatic heterocycles. The van der Waals surface area contributed by atoms with E-state index >= 15 is 0 Å². The molecule has 1 aliphatic rings. The maximum atomic E-state index is 9.44. The summed E-state index contributed by atoms with van der Waals surface area (Å²) in [5.41, 5.74) is 1.33. The van der Waals surface area contributed by atoms with Gasteiger partial charge in [0.15, 0.2) is 0 Å². The smallest absolute Gasteiger partial charge is 0.0975 e. The van der Waals surface area contributed by atoms with Crippen molar-refractivity contribution in [2.75, 3.05) is 5.75 Å². The summed E-state index contributed by atoms with van der Waals surface area (Å²) >= 11 is 3.48. The first-order valence-electron chi connectivity index (χ1n) is 3.20. The highest BCUT2D eigenvalue weighted by Crippen LogP contribution is 2.34. The lowest BCUT2D eigenvalue weighted by molar-refractivity contribution is 0.206. The van der Waals surface area contributed by atoms with Crippen molar-refractivity contribution in [1.82, 2.24) is 0 Å². The summed E-state index contributed by atoms with van der Waals surface area (Å²) in [6.45, 7) is 0. The van der Waals surface area contributed by atoms with Gasteiger partial charge in [-0.2, -0.15) is 11.8 Å². The summed E-state index contributed by atoms with van der Waals surface area (Å²) < 4.78 is 0. The van der Waals surface area contributed by atoms with Crippen LogP contribution in [0.2, 0.25) is 0 Å². The number of hydrogen-bond donors (Lipinski definition) is 1. The highest BCUT2D eigenvalue weighted by atomic mass is 32.2. The third kappa shape index (κ3) is 0.983. The number of thiophene rings is 1. The van der Waals surface area contributed by atoms with Gasteiger partial charge in [-0.3, -0.25) is 0 Å². The average molecular weight is 172 g/mol. The zero-order chi connectivity index (χ0) is 6.97. The van der Waals surface area contributed by atoms with Gasteiger partial charge in [0, 0.05) is 16.4 Å². The van der Waals surface area contributed by atoms with Crippen LogP contribution in [-0.2, 0) is 5.75 Å². The van der Waals surface area contributed by atoms with Crippen molar-refractivity contribution in [3.05, 3.63) is 21.9 Å². The molecule has 1 aromatic heterocycles. The predicted molar refractivity (Wildman–Crippen MR) is 45.4 cm³/mol. The minimum atomic E-state index is -0.200. The SMILES string of the molecule is OC1CSCc2ccsc21. The Labute approximate surface area is 68.1 Å². The lowest BCUT2D eigenvalue weighted by atomic mass is 10.2. The summed E-state index contributed by atoms with van der Waals surface area (Å²) in [6, 6.07) is 2.11. The van der Waals surface area contributed by atoms with Gasteiger partial charge in [-0.1, -0.05) is 0 Å². The predicted octanol–water partition coefficient (Wildman–Crippen LogP) is 2.03. The largest absolute Gasteiger partial charge is 0.387 e. The maximum absolute atomic E-state index is 9.44. The van der Waals surface area contributed by atoms with Crippen LogP contribution in [0, 0.1) is 0 Å². The molecular formula is C7H8OS2. The number of thioether (sulfide) groups is 1. The van der Waals surface area contributed by atoms with Gasteiger partial charge in [0.05, 0.1) is 6.10 Å². The van der Waals surface area contributed by atoms with Crippen LogP contribution in [-0.4, -0.2) is 10.9 Å². The van der Waals surface area contributed by atoms with Gasteiger partial charge in [-0.15, -0.1) is 11.3 Å². The van der Waals surface area contributed by atoms with Crippen molar-refractivity contribution >= 4 is 23.1 Å². The van der Waals surface area contributed by atoms with E-state index in [9.17, 15) is 5.11 Å². The van der Waals surface area contributed by atoms with E-state index in [1.807, 2.05) is 0 Å². The molecule has 3 heteroatoms. The van der Waals surface area contributed by atoms with Crippen LogP contribution in [0.1, 0.15) is 16.5 Å². The summed E-state index contributed by atoms with van der Waals surface area (Å²) in [5, 5.41) is 11.5. The topological polar surface area (TPSA) is 20.2 Å². The minimum absolute atomic E-state index is 0.200. The van der Waals surface area contributed by atoms with Gasteiger partial charge in [0.2, 0.25) is 0 Å². The van der Waals surface area contributed by atoms with Crippen LogP contribution in [0.15, 0.2) is 11.4 Å². The summed E-state index contributed by atoms with van der Waals surface area (Å²) in [4.78, 5) is 1.18. The van der Waals surface area contributed by atoms with Gasteiger partial charge < -0.3 is 5.11 Å². The third-order valence-corrected chi connectivity index (χ3v) is 3.74. The highest BCUT2D eigenvalue weighted by Gasteiger charge is 2.18. The molecule has 0 radical (unpaired) electrons. The number of rotatable bonds is 0. The Hall–Kier alpha value is 0.01000. The summed E-state index contributed by atoms with van der Waals surface area (Å²) in [7, 11) is 0. The molecule has 54 valence electrons. The molecule has 0 aliphatic carbocycles. The van der Waals surface area contributed by atoms with Crippen LogP contribution >= 0.6 is 23.1 Å². The van der Waals surface area contributed by atoms with E-state index in [0.717, 1.165) is 11.5 Å². The number of aliphatic hydroxyl groups is 1. The molecule has 1 N–H and O–H groups in total. The molecule has 0 aromatic carbocycles. The van der Waals surface area contributed by atoms with Crippen molar-refractivity contribution in [3.63, 3.8) is 0 Å². The standard InChI is InChI=1S/C7H8OS2/c8-6-4-9-3-5-1-2-10-7(5)6/h1-2,6,8H,3-4H2. The second kappa shape index (κ2) is 2.57. The van der Waals surface area contributed by atoms with Crippen molar-refractivity contribution < 1.29 is 5.11 Å². The molecule has 0 bridgehead atoms. The van der Waals surface area contributed by atoms with E-state index in [2.05, 4.69) is 11.4 Å². The molecule has 1 aromatic rings. The molecule has 1 nitrogen and oxygen atoms in total. The fourth-order valence-corrected chi connectivity index (χ4v) is 3.20. The summed E-state index contributed by atoms with van der Waals surface area (Å²) in [6.07, 6.45) is -0.200. The van der Waals surface area contributed by atoms with Crippen LogP contribution in [0.5, 0.6) is 0 Å². The second-order valence-electron chi connectivity index (χ2n) is 2.34. The van der Waals surface area contributed by atoms with Crippen molar-refractivity contribution in [2.45, 2.75) is 11.9 Å². The first-order chi connectivity index (χ1) is 4.88. The maximum Gasteiger partial charge on any atom is 0.0975 e. The molecule has 0 saturated heterocycles. The van der Waals surface area contributed by atoms with Gasteiger partial charge >= 0.3 is 0 Å². The minimum Gasteiger partial charge on any atom is -0.387 e. The Morgan fingerprint density at radius 2 is 2.50 bits per heavy atom. The van der Waals surface area contributed by atoms with Gasteiger partial charge in [0.1, 0.15) is 0 Å². The lowest BCUT2D eigenvalue weighted by Gasteiger charge is -2.15. The molecule has 0 spiro atoms. The third-order valence-electron chi connectivity index (χ3n) is 1.62. The normalized spacial score (nSPS) is 24.3. The molecule has 1 atom stereocenters. The monoisotopic (exact) mass is 172 g/mol. The Morgan fingerprint density at radius 1 is 1.60 bits per heavy atom. The molecule has 0 fully saturated rings. The van der Waals surface area contributed by atoms with Crippen molar-refractivity contribution in [2.24, 2.45) is 0 Å². The van der Waals surface area contributed by atoms with Crippen LogP contribution in [0.3, 0.4) is 0 Å². The molecule has 10 heavy (non-hydrogen) atoms. The van der Waals surface area contributed by atoms with E-state index in [1.165, 1.54) is 10.4 Å². The number of aliphatic hydroxyl groups excluding tert-OH is 1. The van der Waals surface area contributed by atoms with E-state index < -0.39 is 0 Å².